The number of hydrogen-bond acceptors (Lipinski definition) is 3. The molecule has 0 saturated heterocycles. The molecule has 1 aromatic heterocycles. The second-order valence-corrected chi connectivity index (χ2v) is 5.26. The Labute approximate surface area is 96.7 Å². The zero-order valence-corrected chi connectivity index (χ0v) is 9.46. The van der Waals surface area contributed by atoms with E-state index in [1.54, 1.807) is 11.3 Å². The highest BCUT2D eigenvalue weighted by Gasteiger charge is 2.26. The summed E-state index contributed by atoms with van der Waals surface area (Å²) in [6.07, 6.45) is 2.58. The van der Waals surface area contributed by atoms with Gasteiger partial charge in [-0.1, -0.05) is 6.07 Å². The lowest BCUT2D eigenvalue weighted by atomic mass is 10.1. The molecule has 1 saturated carbocycles. The summed E-state index contributed by atoms with van der Waals surface area (Å²) in [6.45, 7) is 0. The van der Waals surface area contributed by atoms with E-state index < -0.39 is 5.97 Å². The van der Waals surface area contributed by atoms with Crippen molar-refractivity contribution in [3.63, 3.8) is 0 Å². The number of nitrogens with zero attached hydrogens (tertiary/aromatic N) is 1. The zero-order valence-electron chi connectivity index (χ0n) is 8.64. The number of aromatic nitrogens is 1. The Morgan fingerprint density at radius 1 is 1.50 bits per heavy atom. The molecule has 0 radical (unpaired) electrons. The molecule has 3 rings (SSSR count). The SMILES string of the molecule is O=C(O)Cc1ccc2sc(C3CC3)nc2c1. The first kappa shape index (κ1) is 9.78. The van der Waals surface area contributed by atoms with Crippen molar-refractivity contribution >= 4 is 27.5 Å². The summed E-state index contributed by atoms with van der Waals surface area (Å²) >= 11 is 1.74. The van der Waals surface area contributed by atoms with Gasteiger partial charge in [-0.15, -0.1) is 11.3 Å². The number of rotatable bonds is 3. The van der Waals surface area contributed by atoms with Crippen LogP contribution in [0.15, 0.2) is 18.2 Å². The third-order valence-corrected chi connectivity index (χ3v) is 3.95. The molecular weight excluding hydrogens is 222 g/mol. The van der Waals surface area contributed by atoms with Crippen LogP contribution in [0, 0.1) is 0 Å². The van der Waals surface area contributed by atoms with E-state index in [4.69, 9.17) is 5.11 Å². The second-order valence-electron chi connectivity index (χ2n) is 4.20. The number of fused-ring (bicyclic) bond motifs is 1. The summed E-state index contributed by atoms with van der Waals surface area (Å²) in [5.74, 6) is -0.127. The average Bonchev–Trinajstić information content (AvgIpc) is 2.98. The topological polar surface area (TPSA) is 50.2 Å². The molecule has 1 heterocycles. The maximum atomic E-state index is 10.6. The molecule has 82 valence electrons. The van der Waals surface area contributed by atoms with Crippen LogP contribution in [0.2, 0.25) is 0 Å². The molecule has 1 aliphatic rings. The lowest BCUT2D eigenvalue weighted by Crippen LogP contribution is -1.99. The minimum absolute atomic E-state index is 0.0756. The van der Waals surface area contributed by atoms with Crippen molar-refractivity contribution < 1.29 is 9.90 Å². The number of carboxylic acids is 1. The summed E-state index contributed by atoms with van der Waals surface area (Å²) < 4.78 is 1.16. The van der Waals surface area contributed by atoms with E-state index in [0.717, 1.165) is 15.8 Å². The monoisotopic (exact) mass is 233 g/mol. The largest absolute Gasteiger partial charge is 0.481 e. The standard InChI is InChI=1S/C12H11NO2S/c14-11(15)6-7-1-4-10-9(5-7)13-12(16-10)8-2-3-8/h1,4-5,8H,2-3,6H2,(H,14,15). The Morgan fingerprint density at radius 3 is 3.00 bits per heavy atom. The molecule has 0 aliphatic heterocycles. The molecule has 3 nitrogen and oxygen atoms in total. The van der Waals surface area contributed by atoms with E-state index in [1.165, 1.54) is 17.8 Å². The number of carboxylic acid groups (broad SMARTS) is 1. The van der Waals surface area contributed by atoms with Crippen LogP contribution in [-0.4, -0.2) is 16.1 Å². The Bertz CT molecular complexity index is 557. The van der Waals surface area contributed by atoms with Crippen LogP contribution in [-0.2, 0) is 11.2 Å². The molecular formula is C12H11NO2S. The van der Waals surface area contributed by atoms with Crippen molar-refractivity contribution in [2.75, 3.05) is 0 Å². The molecule has 2 aromatic rings. The van der Waals surface area contributed by atoms with Gasteiger partial charge < -0.3 is 5.11 Å². The molecule has 0 bridgehead atoms. The fraction of sp³-hybridized carbons (Fsp3) is 0.333. The van der Waals surface area contributed by atoms with Gasteiger partial charge in [0, 0.05) is 5.92 Å². The molecule has 1 aromatic carbocycles. The molecule has 4 heteroatoms. The summed E-state index contributed by atoms with van der Waals surface area (Å²) in [5, 5.41) is 9.94. The molecule has 1 aliphatic carbocycles. The van der Waals surface area contributed by atoms with Gasteiger partial charge in [0.15, 0.2) is 0 Å². The minimum Gasteiger partial charge on any atom is -0.481 e. The number of hydrogen-bond donors (Lipinski definition) is 1. The van der Waals surface area contributed by atoms with E-state index in [1.807, 2.05) is 18.2 Å². The highest BCUT2D eigenvalue weighted by Crippen LogP contribution is 2.43. The van der Waals surface area contributed by atoms with Crippen molar-refractivity contribution in [3.05, 3.63) is 28.8 Å². The third kappa shape index (κ3) is 1.80. The summed E-state index contributed by atoms with van der Waals surface area (Å²) in [4.78, 5) is 15.2. The quantitative estimate of drug-likeness (QED) is 0.886. The number of benzene rings is 1. The summed E-state index contributed by atoms with van der Waals surface area (Å²) in [7, 11) is 0. The Kier molecular flexibility index (Phi) is 2.17. The lowest BCUT2D eigenvalue weighted by Gasteiger charge is -1.95. The third-order valence-electron chi connectivity index (χ3n) is 2.75. The highest BCUT2D eigenvalue weighted by molar-refractivity contribution is 7.18. The molecule has 1 fully saturated rings. The predicted octanol–water partition coefficient (Wildman–Crippen LogP) is 2.80. The molecule has 1 N–H and O–H groups in total. The van der Waals surface area contributed by atoms with Gasteiger partial charge in [0.25, 0.3) is 0 Å². The van der Waals surface area contributed by atoms with Crippen LogP contribution >= 0.6 is 11.3 Å². The molecule has 16 heavy (non-hydrogen) atoms. The number of thiazole rings is 1. The van der Waals surface area contributed by atoms with E-state index in [-0.39, 0.29) is 6.42 Å². The Balaban J connectivity index is 1.99. The van der Waals surface area contributed by atoms with Crippen molar-refractivity contribution in [1.82, 2.24) is 4.98 Å². The number of carbonyl (C=O) groups is 1. The van der Waals surface area contributed by atoms with E-state index in [2.05, 4.69) is 4.98 Å². The van der Waals surface area contributed by atoms with Gasteiger partial charge in [0.05, 0.1) is 21.6 Å². The molecule has 0 unspecified atom stereocenters. The van der Waals surface area contributed by atoms with Crippen molar-refractivity contribution in [2.45, 2.75) is 25.2 Å². The second kappa shape index (κ2) is 3.56. The first-order chi connectivity index (χ1) is 7.72. The smallest absolute Gasteiger partial charge is 0.307 e. The van der Waals surface area contributed by atoms with Crippen molar-refractivity contribution in [3.8, 4) is 0 Å². The Morgan fingerprint density at radius 2 is 2.31 bits per heavy atom. The van der Waals surface area contributed by atoms with Crippen molar-refractivity contribution in [1.29, 1.82) is 0 Å². The van der Waals surface area contributed by atoms with Crippen LogP contribution in [0.5, 0.6) is 0 Å². The van der Waals surface area contributed by atoms with Gasteiger partial charge in [-0.3, -0.25) is 4.79 Å². The van der Waals surface area contributed by atoms with Gasteiger partial charge in [0.1, 0.15) is 0 Å². The average molecular weight is 233 g/mol. The fourth-order valence-electron chi connectivity index (χ4n) is 1.78. The minimum atomic E-state index is -0.794. The maximum absolute atomic E-state index is 10.6. The van der Waals surface area contributed by atoms with Crippen LogP contribution in [0.3, 0.4) is 0 Å². The first-order valence-electron chi connectivity index (χ1n) is 5.33. The van der Waals surface area contributed by atoms with E-state index in [0.29, 0.717) is 5.92 Å². The molecule has 0 amide bonds. The summed E-state index contributed by atoms with van der Waals surface area (Å²) in [5.41, 5.74) is 1.78. The molecule has 0 atom stereocenters. The van der Waals surface area contributed by atoms with Crippen LogP contribution < -0.4 is 0 Å². The highest BCUT2D eigenvalue weighted by atomic mass is 32.1. The Hall–Kier alpha value is -1.42. The predicted molar refractivity (Wildman–Crippen MR) is 62.9 cm³/mol. The maximum Gasteiger partial charge on any atom is 0.307 e. The van der Waals surface area contributed by atoms with E-state index >= 15 is 0 Å². The van der Waals surface area contributed by atoms with Gasteiger partial charge in [-0.2, -0.15) is 0 Å². The zero-order chi connectivity index (χ0) is 11.1. The summed E-state index contributed by atoms with van der Waals surface area (Å²) in [6, 6.07) is 5.76. The van der Waals surface area contributed by atoms with Crippen LogP contribution in [0.1, 0.15) is 29.3 Å². The molecule has 0 spiro atoms. The van der Waals surface area contributed by atoms with E-state index in [9.17, 15) is 4.79 Å². The van der Waals surface area contributed by atoms with Gasteiger partial charge >= 0.3 is 5.97 Å². The van der Waals surface area contributed by atoms with Crippen LogP contribution in [0.25, 0.3) is 10.2 Å². The van der Waals surface area contributed by atoms with Gasteiger partial charge in [-0.25, -0.2) is 4.98 Å². The normalized spacial score (nSPS) is 15.5. The first-order valence-corrected chi connectivity index (χ1v) is 6.15. The lowest BCUT2D eigenvalue weighted by molar-refractivity contribution is -0.136. The van der Waals surface area contributed by atoms with Gasteiger partial charge in [0.2, 0.25) is 0 Å². The van der Waals surface area contributed by atoms with Crippen LogP contribution in [0.4, 0.5) is 0 Å². The number of aliphatic carboxylic acids is 1. The van der Waals surface area contributed by atoms with Crippen molar-refractivity contribution in [2.24, 2.45) is 0 Å². The van der Waals surface area contributed by atoms with Gasteiger partial charge in [-0.05, 0) is 30.5 Å². The fourth-order valence-corrected chi connectivity index (χ4v) is 2.90.